The highest BCUT2D eigenvalue weighted by Crippen LogP contribution is 2.25. The lowest BCUT2D eigenvalue weighted by atomic mass is 10.3. The van der Waals surface area contributed by atoms with E-state index < -0.39 is 12.1 Å². The molecule has 2 aromatic carbocycles. The Balaban J connectivity index is 0.000000278. The summed E-state index contributed by atoms with van der Waals surface area (Å²) in [7, 11) is 0. The number of carbonyl (C=O) groups is 1. The summed E-state index contributed by atoms with van der Waals surface area (Å²) in [5, 5.41) is 17.9. The van der Waals surface area contributed by atoms with E-state index in [4.69, 9.17) is 36.0 Å². The molecule has 3 rings (SSSR count). The molecule has 2 N–H and O–H groups in total. The van der Waals surface area contributed by atoms with Crippen molar-refractivity contribution in [3.05, 3.63) is 53.6 Å². The van der Waals surface area contributed by atoms with E-state index in [1.165, 1.54) is 6.92 Å². The van der Waals surface area contributed by atoms with Gasteiger partial charge in [0.1, 0.15) is 17.2 Å². The lowest BCUT2D eigenvalue weighted by Gasteiger charge is -2.25. The van der Waals surface area contributed by atoms with Crippen molar-refractivity contribution < 1.29 is 29.2 Å². The van der Waals surface area contributed by atoms with Crippen molar-refractivity contribution in [2.45, 2.75) is 13.0 Å². The van der Waals surface area contributed by atoms with E-state index in [2.05, 4.69) is 4.90 Å². The largest absolute Gasteiger partial charge is 0.479 e. The number of morpholine rings is 1. The van der Waals surface area contributed by atoms with Gasteiger partial charge >= 0.3 is 5.97 Å². The lowest BCUT2D eigenvalue weighted by molar-refractivity contribution is -0.144. The second kappa shape index (κ2) is 12.3. The number of nitrogens with zero attached hydrogens (tertiary/aromatic N) is 1. The number of carboxylic acids is 1. The molecule has 1 fully saturated rings. The zero-order valence-corrected chi connectivity index (χ0v) is 17.0. The van der Waals surface area contributed by atoms with Gasteiger partial charge in [0.15, 0.2) is 6.10 Å². The van der Waals surface area contributed by atoms with Crippen LogP contribution >= 0.6 is 11.6 Å². The summed E-state index contributed by atoms with van der Waals surface area (Å²) < 4.78 is 16.0. The monoisotopic (exact) mass is 423 g/mol. The van der Waals surface area contributed by atoms with Crippen molar-refractivity contribution in [1.82, 2.24) is 4.90 Å². The Labute approximate surface area is 175 Å². The zero-order valence-electron chi connectivity index (χ0n) is 16.3. The van der Waals surface area contributed by atoms with Gasteiger partial charge in [-0.05, 0) is 55.5 Å². The molecule has 0 amide bonds. The molecule has 0 saturated carbocycles. The van der Waals surface area contributed by atoms with Crippen LogP contribution in [0.5, 0.6) is 17.2 Å². The first-order chi connectivity index (χ1) is 14.0. The molecule has 1 unspecified atom stereocenters. The minimum Gasteiger partial charge on any atom is -0.479 e. The third kappa shape index (κ3) is 8.70. The molecule has 1 atom stereocenters. The number of hydrogen-bond acceptors (Lipinski definition) is 6. The van der Waals surface area contributed by atoms with Crippen LogP contribution in [0.2, 0.25) is 5.02 Å². The second-order valence-corrected chi connectivity index (χ2v) is 6.74. The quantitative estimate of drug-likeness (QED) is 0.706. The van der Waals surface area contributed by atoms with Gasteiger partial charge in [0, 0.05) is 24.7 Å². The molecule has 2 aromatic rings. The van der Waals surface area contributed by atoms with Gasteiger partial charge in [-0.3, -0.25) is 4.90 Å². The molecule has 0 spiro atoms. The Morgan fingerprint density at radius 1 is 1.07 bits per heavy atom. The van der Waals surface area contributed by atoms with Crippen molar-refractivity contribution >= 4 is 17.6 Å². The van der Waals surface area contributed by atoms with E-state index in [1.54, 1.807) is 48.5 Å². The number of aliphatic carboxylic acids is 1. The van der Waals surface area contributed by atoms with Crippen LogP contribution in [0.15, 0.2) is 48.5 Å². The smallest absolute Gasteiger partial charge is 0.344 e. The van der Waals surface area contributed by atoms with Crippen LogP contribution in [0.4, 0.5) is 0 Å². The Kier molecular flexibility index (Phi) is 9.73. The molecule has 8 heteroatoms. The molecular formula is C21H26ClNO6. The molecular weight excluding hydrogens is 398 g/mol. The van der Waals surface area contributed by atoms with Gasteiger partial charge in [0.25, 0.3) is 0 Å². The van der Waals surface area contributed by atoms with Gasteiger partial charge < -0.3 is 24.4 Å². The Bertz CT molecular complexity index is 729. The first-order valence-corrected chi connectivity index (χ1v) is 9.69. The average molecular weight is 424 g/mol. The van der Waals surface area contributed by atoms with Crippen LogP contribution in [0.25, 0.3) is 0 Å². The predicted octanol–water partition coefficient (Wildman–Crippen LogP) is 3.30. The first-order valence-electron chi connectivity index (χ1n) is 9.32. The van der Waals surface area contributed by atoms with Crippen LogP contribution in [0.3, 0.4) is 0 Å². The van der Waals surface area contributed by atoms with Gasteiger partial charge in [-0.1, -0.05) is 11.6 Å². The van der Waals surface area contributed by atoms with Gasteiger partial charge in [-0.25, -0.2) is 4.79 Å². The Morgan fingerprint density at radius 3 is 2.10 bits per heavy atom. The molecule has 1 aliphatic heterocycles. The minimum atomic E-state index is -1.01. The standard InChI is InChI=1S/C15H13ClO4.C6H13NO2/c1-10(15(17)18)19-12-6-8-14(9-7-12)20-13-4-2-11(16)3-5-13;8-4-1-7-2-5-9-6-3-7/h2-10H,1H3,(H,17,18);8H,1-6H2. The third-order valence-electron chi connectivity index (χ3n) is 4.05. The van der Waals surface area contributed by atoms with E-state index >= 15 is 0 Å². The molecule has 29 heavy (non-hydrogen) atoms. The van der Waals surface area contributed by atoms with Crippen LogP contribution in [-0.2, 0) is 9.53 Å². The van der Waals surface area contributed by atoms with Crippen LogP contribution in [0, 0.1) is 0 Å². The summed E-state index contributed by atoms with van der Waals surface area (Å²) in [5.74, 6) is 0.763. The van der Waals surface area contributed by atoms with Crippen LogP contribution < -0.4 is 9.47 Å². The highest BCUT2D eigenvalue weighted by atomic mass is 35.5. The highest BCUT2D eigenvalue weighted by molar-refractivity contribution is 6.30. The van der Waals surface area contributed by atoms with Crippen LogP contribution in [0.1, 0.15) is 6.92 Å². The van der Waals surface area contributed by atoms with E-state index in [0.717, 1.165) is 32.8 Å². The van der Waals surface area contributed by atoms with E-state index in [1.807, 2.05) is 0 Å². The minimum absolute atomic E-state index is 0.264. The molecule has 7 nitrogen and oxygen atoms in total. The molecule has 0 aliphatic carbocycles. The van der Waals surface area contributed by atoms with Gasteiger partial charge in [0.2, 0.25) is 0 Å². The van der Waals surface area contributed by atoms with Gasteiger partial charge in [0.05, 0.1) is 19.8 Å². The number of carboxylic acid groups (broad SMARTS) is 1. The van der Waals surface area contributed by atoms with Gasteiger partial charge in [-0.15, -0.1) is 0 Å². The summed E-state index contributed by atoms with van der Waals surface area (Å²) in [6, 6.07) is 13.7. The van der Waals surface area contributed by atoms with Crippen molar-refractivity contribution in [2.75, 3.05) is 39.5 Å². The lowest BCUT2D eigenvalue weighted by Crippen LogP contribution is -2.37. The summed E-state index contributed by atoms with van der Waals surface area (Å²) >= 11 is 5.79. The van der Waals surface area contributed by atoms with Crippen molar-refractivity contribution in [1.29, 1.82) is 0 Å². The maximum atomic E-state index is 10.7. The van der Waals surface area contributed by atoms with Crippen LogP contribution in [-0.4, -0.2) is 66.6 Å². The molecule has 1 heterocycles. The molecule has 1 aliphatic rings. The fourth-order valence-electron chi connectivity index (χ4n) is 2.45. The number of β-amino-alcohol motifs (C(OH)–C–C–N with tert-alkyl or cyclic N) is 1. The summed E-state index contributed by atoms with van der Waals surface area (Å²) in [6.45, 7) is 6.12. The molecule has 158 valence electrons. The summed E-state index contributed by atoms with van der Waals surface area (Å²) in [4.78, 5) is 12.9. The predicted molar refractivity (Wildman–Crippen MR) is 110 cm³/mol. The maximum absolute atomic E-state index is 10.7. The van der Waals surface area contributed by atoms with Crippen molar-refractivity contribution in [2.24, 2.45) is 0 Å². The topological polar surface area (TPSA) is 88.5 Å². The number of aliphatic hydroxyl groups is 1. The van der Waals surface area contributed by atoms with E-state index in [0.29, 0.717) is 22.3 Å². The number of benzene rings is 2. The number of ether oxygens (including phenoxy) is 3. The zero-order chi connectivity index (χ0) is 21.1. The molecule has 0 bridgehead atoms. The Morgan fingerprint density at radius 2 is 1.59 bits per heavy atom. The first kappa shape index (κ1) is 23.0. The van der Waals surface area contributed by atoms with E-state index in [-0.39, 0.29) is 6.61 Å². The highest BCUT2D eigenvalue weighted by Gasteiger charge is 2.12. The average Bonchev–Trinajstić information content (AvgIpc) is 2.72. The number of halogens is 1. The molecule has 0 aromatic heterocycles. The van der Waals surface area contributed by atoms with E-state index in [9.17, 15) is 4.79 Å². The Hall–Kier alpha value is -2.32. The second-order valence-electron chi connectivity index (χ2n) is 6.30. The third-order valence-corrected chi connectivity index (χ3v) is 4.31. The summed E-state index contributed by atoms with van der Waals surface area (Å²) in [5.41, 5.74) is 0. The SMILES string of the molecule is CC(Oc1ccc(Oc2ccc(Cl)cc2)cc1)C(=O)O.OCCN1CCOCC1. The molecule has 1 saturated heterocycles. The van der Waals surface area contributed by atoms with Gasteiger partial charge in [-0.2, -0.15) is 0 Å². The number of aliphatic hydroxyl groups excluding tert-OH is 1. The molecule has 0 radical (unpaired) electrons. The van der Waals surface area contributed by atoms with Crippen molar-refractivity contribution in [3.63, 3.8) is 0 Å². The summed E-state index contributed by atoms with van der Waals surface area (Å²) in [6.07, 6.45) is -0.891. The van der Waals surface area contributed by atoms with Crippen molar-refractivity contribution in [3.8, 4) is 17.2 Å². The normalized spacial score (nSPS) is 15.0. The fourth-order valence-corrected chi connectivity index (χ4v) is 2.57. The number of hydrogen-bond donors (Lipinski definition) is 2. The number of rotatable bonds is 7. The fraction of sp³-hybridized carbons (Fsp3) is 0.381. The maximum Gasteiger partial charge on any atom is 0.344 e.